The van der Waals surface area contributed by atoms with E-state index in [-0.39, 0.29) is 11.5 Å². The molecule has 5 nitrogen and oxygen atoms in total. The highest BCUT2D eigenvalue weighted by Crippen LogP contribution is 2.22. The Bertz CT molecular complexity index is 1090. The number of fused-ring (bicyclic) bond motifs is 2. The first kappa shape index (κ1) is 17.7. The second-order valence-electron chi connectivity index (χ2n) is 6.87. The topological polar surface area (TPSA) is 55.2 Å². The molecule has 0 saturated carbocycles. The minimum absolute atomic E-state index is 0.0147. The summed E-state index contributed by atoms with van der Waals surface area (Å²) in [5.41, 5.74) is 1.77. The van der Waals surface area contributed by atoms with Gasteiger partial charge < -0.3 is 4.90 Å². The third-order valence-corrected chi connectivity index (χ3v) is 5.30. The van der Waals surface area contributed by atoms with E-state index in [2.05, 4.69) is 0 Å². The molecule has 1 amide bonds. The van der Waals surface area contributed by atoms with Gasteiger partial charge in [-0.05, 0) is 49.2 Å². The molecule has 1 aromatic heterocycles. The van der Waals surface area contributed by atoms with Gasteiger partial charge in [-0.15, -0.1) is 0 Å². The summed E-state index contributed by atoms with van der Waals surface area (Å²) in [7, 11) is 1.71. The van der Waals surface area contributed by atoms with Crippen LogP contribution in [0.5, 0.6) is 0 Å². The van der Waals surface area contributed by atoms with E-state index in [0.717, 1.165) is 38.1 Å². The normalized spacial score (nSPS) is 13.9. The molecule has 4 rings (SSSR count). The molecule has 0 saturated heterocycles. The first-order valence-electron chi connectivity index (χ1n) is 9.12. The van der Waals surface area contributed by atoms with Crippen molar-refractivity contribution in [3.8, 4) is 0 Å². The Morgan fingerprint density at radius 1 is 1.15 bits per heavy atom. The summed E-state index contributed by atoms with van der Waals surface area (Å²) in [4.78, 5) is 32.0. The Labute approximate surface area is 162 Å². The number of nitrogens with zero attached hydrogens (tertiary/aromatic N) is 3. The Morgan fingerprint density at radius 3 is 2.81 bits per heavy atom. The molecule has 0 radical (unpaired) electrons. The van der Waals surface area contributed by atoms with E-state index >= 15 is 0 Å². The average Bonchev–Trinajstić information content (AvgIpc) is 2.92. The van der Waals surface area contributed by atoms with Crippen molar-refractivity contribution in [1.82, 2.24) is 9.55 Å². The van der Waals surface area contributed by atoms with Crippen LogP contribution in [-0.4, -0.2) is 22.5 Å². The highest BCUT2D eigenvalue weighted by atomic mass is 35.5. The molecule has 0 aliphatic carbocycles. The minimum Gasteiger partial charge on any atom is -0.311 e. The molecule has 2 heterocycles. The van der Waals surface area contributed by atoms with Crippen LogP contribution in [0.4, 0.5) is 5.69 Å². The highest BCUT2D eigenvalue weighted by molar-refractivity contribution is 6.31. The number of hydrogen-bond acceptors (Lipinski definition) is 3. The fraction of sp³-hybridized carbons (Fsp3) is 0.286. The Morgan fingerprint density at radius 2 is 2.00 bits per heavy atom. The van der Waals surface area contributed by atoms with Gasteiger partial charge in [-0.1, -0.05) is 24.1 Å². The third kappa shape index (κ3) is 3.35. The number of halogens is 1. The lowest BCUT2D eigenvalue weighted by molar-refractivity contribution is 0.0993. The van der Waals surface area contributed by atoms with Crippen LogP contribution in [0.3, 0.4) is 0 Å². The fourth-order valence-corrected chi connectivity index (χ4v) is 3.73. The number of benzene rings is 2. The first-order chi connectivity index (χ1) is 13.0. The maximum Gasteiger partial charge on any atom is 0.261 e. The van der Waals surface area contributed by atoms with E-state index in [1.807, 2.05) is 6.07 Å². The van der Waals surface area contributed by atoms with Gasteiger partial charge in [0.2, 0.25) is 0 Å². The summed E-state index contributed by atoms with van der Waals surface area (Å²) < 4.78 is 1.79. The monoisotopic (exact) mass is 381 g/mol. The predicted octanol–water partition coefficient (Wildman–Crippen LogP) is 4.05. The molecule has 3 aromatic rings. The number of rotatable bonds is 2. The number of aryl methyl sites for hydroxylation is 1. The number of carbonyl (C=O) groups excluding carboxylic acids is 1. The molecular weight excluding hydrogens is 362 g/mol. The minimum atomic E-state index is -0.170. The molecule has 0 atom stereocenters. The molecule has 1 aliphatic rings. The van der Waals surface area contributed by atoms with Crippen LogP contribution in [0.1, 0.15) is 35.4 Å². The van der Waals surface area contributed by atoms with E-state index in [1.54, 1.807) is 52.9 Å². The maximum atomic E-state index is 12.9. The van der Waals surface area contributed by atoms with Crippen LogP contribution in [-0.2, 0) is 13.0 Å². The first-order valence-corrected chi connectivity index (χ1v) is 9.49. The zero-order chi connectivity index (χ0) is 19.0. The Balaban J connectivity index is 1.75. The standard InChI is InChI=1S/C21H20ClN3O2/c1-24(16-7-5-6-15(22)13-16)20(26)14-9-10-17-18(12-14)23-19-8-3-2-4-11-25(19)21(17)27/h5-7,9-10,12-13H,2-4,8,11H2,1H3. The van der Waals surface area contributed by atoms with Crippen molar-refractivity contribution < 1.29 is 4.79 Å². The van der Waals surface area contributed by atoms with Gasteiger partial charge in [-0.25, -0.2) is 4.98 Å². The van der Waals surface area contributed by atoms with Crippen LogP contribution in [0.2, 0.25) is 5.02 Å². The summed E-state index contributed by atoms with van der Waals surface area (Å²) in [6.45, 7) is 0.718. The average molecular weight is 382 g/mol. The molecule has 6 heteroatoms. The van der Waals surface area contributed by atoms with Crippen molar-refractivity contribution in [2.75, 3.05) is 11.9 Å². The van der Waals surface area contributed by atoms with Crippen molar-refractivity contribution in [3.63, 3.8) is 0 Å². The van der Waals surface area contributed by atoms with Crippen LogP contribution in [0.15, 0.2) is 47.3 Å². The number of aromatic nitrogens is 2. The van der Waals surface area contributed by atoms with Gasteiger partial charge >= 0.3 is 0 Å². The molecule has 0 bridgehead atoms. The van der Waals surface area contributed by atoms with Crippen LogP contribution in [0.25, 0.3) is 10.9 Å². The van der Waals surface area contributed by atoms with Crippen LogP contribution in [0, 0.1) is 0 Å². The van der Waals surface area contributed by atoms with E-state index < -0.39 is 0 Å². The lowest BCUT2D eigenvalue weighted by Crippen LogP contribution is -2.27. The van der Waals surface area contributed by atoms with Crippen LogP contribution >= 0.6 is 11.6 Å². The molecule has 0 spiro atoms. The van der Waals surface area contributed by atoms with Crippen molar-refractivity contribution in [3.05, 3.63) is 69.2 Å². The summed E-state index contributed by atoms with van der Waals surface area (Å²) in [6, 6.07) is 12.3. The van der Waals surface area contributed by atoms with Crippen molar-refractivity contribution >= 4 is 34.1 Å². The second kappa shape index (κ2) is 7.16. The fourth-order valence-electron chi connectivity index (χ4n) is 3.55. The van der Waals surface area contributed by atoms with E-state index in [1.165, 1.54) is 0 Å². The Hall–Kier alpha value is -2.66. The molecule has 2 aromatic carbocycles. The lowest BCUT2D eigenvalue weighted by atomic mass is 10.1. The lowest BCUT2D eigenvalue weighted by Gasteiger charge is -2.18. The number of anilines is 1. The quantitative estimate of drug-likeness (QED) is 0.672. The Kier molecular flexibility index (Phi) is 4.70. The molecule has 0 unspecified atom stereocenters. The summed E-state index contributed by atoms with van der Waals surface area (Å²) in [6.07, 6.45) is 3.94. The number of carbonyl (C=O) groups is 1. The van der Waals surface area contributed by atoms with Gasteiger partial charge in [-0.3, -0.25) is 14.2 Å². The van der Waals surface area contributed by atoms with E-state index in [0.29, 0.717) is 27.2 Å². The molecular formula is C21H20ClN3O2. The van der Waals surface area contributed by atoms with Gasteiger partial charge in [0.25, 0.3) is 11.5 Å². The van der Waals surface area contributed by atoms with Gasteiger partial charge in [-0.2, -0.15) is 0 Å². The maximum absolute atomic E-state index is 12.9. The number of amides is 1. The third-order valence-electron chi connectivity index (χ3n) is 5.06. The largest absolute Gasteiger partial charge is 0.311 e. The van der Waals surface area contributed by atoms with Gasteiger partial charge in [0, 0.05) is 36.3 Å². The summed E-state index contributed by atoms with van der Waals surface area (Å²) in [5.74, 6) is 0.647. The molecule has 0 N–H and O–H groups in total. The highest BCUT2D eigenvalue weighted by Gasteiger charge is 2.18. The van der Waals surface area contributed by atoms with Gasteiger partial charge in [0.05, 0.1) is 10.9 Å². The van der Waals surface area contributed by atoms with E-state index in [9.17, 15) is 9.59 Å². The smallest absolute Gasteiger partial charge is 0.261 e. The second-order valence-corrected chi connectivity index (χ2v) is 7.31. The van der Waals surface area contributed by atoms with Crippen molar-refractivity contribution in [1.29, 1.82) is 0 Å². The van der Waals surface area contributed by atoms with Crippen LogP contribution < -0.4 is 10.5 Å². The zero-order valence-corrected chi connectivity index (χ0v) is 15.9. The van der Waals surface area contributed by atoms with Gasteiger partial charge in [0.1, 0.15) is 5.82 Å². The summed E-state index contributed by atoms with van der Waals surface area (Å²) >= 11 is 6.03. The molecule has 1 aliphatic heterocycles. The van der Waals surface area contributed by atoms with E-state index in [4.69, 9.17) is 16.6 Å². The predicted molar refractivity (Wildman–Crippen MR) is 108 cm³/mol. The zero-order valence-electron chi connectivity index (χ0n) is 15.1. The molecule has 27 heavy (non-hydrogen) atoms. The molecule has 0 fully saturated rings. The SMILES string of the molecule is CN(C(=O)c1ccc2c(=O)n3c(nc2c1)CCCCC3)c1cccc(Cl)c1. The van der Waals surface area contributed by atoms with Crippen molar-refractivity contribution in [2.24, 2.45) is 0 Å². The molecule has 138 valence electrons. The summed E-state index contributed by atoms with van der Waals surface area (Å²) in [5, 5.41) is 1.13. The van der Waals surface area contributed by atoms with Crippen molar-refractivity contribution in [2.45, 2.75) is 32.2 Å². The van der Waals surface area contributed by atoms with Gasteiger partial charge in [0.15, 0.2) is 0 Å². The number of hydrogen-bond donors (Lipinski definition) is 0.